The summed E-state index contributed by atoms with van der Waals surface area (Å²) in [5.41, 5.74) is 0.508. The van der Waals surface area contributed by atoms with Crippen LogP contribution in [0.3, 0.4) is 0 Å². The average molecular weight is 321 g/mol. The van der Waals surface area contributed by atoms with Crippen LogP contribution in [-0.4, -0.2) is 27.9 Å². The number of carbonyl (C=O) groups is 1. The van der Waals surface area contributed by atoms with Gasteiger partial charge in [0.1, 0.15) is 0 Å². The Morgan fingerprint density at radius 3 is 2.59 bits per heavy atom. The van der Waals surface area contributed by atoms with Gasteiger partial charge in [0, 0.05) is 30.2 Å². The summed E-state index contributed by atoms with van der Waals surface area (Å²) >= 11 is 6.05. The summed E-state index contributed by atoms with van der Waals surface area (Å²) in [7, 11) is 1.59. The Bertz CT molecular complexity index is 733. The van der Waals surface area contributed by atoms with E-state index in [1.165, 1.54) is 11.0 Å². The molecule has 0 saturated heterocycles. The third-order valence-electron chi connectivity index (χ3n) is 3.13. The number of amides is 1. The van der Waals surface area contributed by atoms with Crippen molar-refractivity contribution in [3.8, 4) is 5.75 Å². The fourth-order valence-electron chi connectivity index (χ4n) is 1.99. The molecule has 0 aliphatic carbocycles. The number of nitro groups is 1. The highest BCUT2D eigenvalue weighted by molar-refractivity contribution is 6.31. The Balaban J connectivity index is 2.19. The zero-order valence-electron chi connectivity index (χ0n) is 11.7. The Hall–Kier alpha value is -2.60. The number of benzene rings is 2. The van der Waals surface area contributed by atoms with Crippen molar-refractivity contribution in [2.75, 3.05) is 7.05 Å². The number of phenolic OH excluding ortho intramolecular Hbond substituents is 1. The standard InChI is InChI=1S/C15H13ClN2O4/c1-17(9-11-4-2-3-5-12(11)16)15(20)10-6-7-13(18(21)22)14(19)8-10/h2-8,19H,9H2,1H3. The molecule has 2 aromatic carbocycles. The molecule has 0 radical (unpaired) electrons. The molecule has 0 aromatic heterocycles. The number of hydrogen-bond donors (Lipinski definition) is 1. The van der Waals surface area contributed by atoms with Crippen LogP contribution in [0.25, 0.3) is 0 Å². The van der Waals surface area contributed by atoms with Gasteiger partial charge >= 0.3 is 5.69 Å². The molecule has 0 bridgehead atoms. The molecule has 0 atom stereocenters. The number of nitrogens with zero attached hydrogens (tertiary/aromatic N) is 2. The lowest BCUT2D eigenvalue weighted by Crippen LogP contribution is -2.26. The van der Waals surface area contributed by atoms with Crippen LogP contribution in [0.15, 0.2) is 42.5 Å². The van der Waals surface area contributed by atoms with Crippen LogP contribution < -0.4 is 0 Å². The fourth-order valence-corrected chi connectivity index (χ4v) is 2.18. The molecule has 1 amide bonds. The van der Waals surface area contributed by atoms with Gasteiger partial charge in [0.05, 0.1) is 4.92 Å². The second kappa shape index (κ2) is 6.44. The van der Waals surface area contributed by atoms with Crippen molar-refractivity contribution >= 4 is 23.2 Å². The summed E-state index contributed by atoms with van der Waals surface area (Å²) < 4.78 is 0. The number of aromatic hydroxyl groups is 1. The van der Waals surface area contributed by atoms with E-state index in [-0.39, 0.29) is 18.0 Å². The molecule has 1 N–H and O–H groups in total. The molecular formula is C15H13ClN2O4. The van der Waals surface area contributed by atoms with Crippen LogP contribution in [0.5, 0.6) is 5.75 Å². The van der Waals surface area contributed by atoms with Crippen molar-refractivity contribution in [2.45, 2.75) is 6.54 Å². The van der Waals surface area contributed by atoms with E-state index in [1.54, 1.807) is 25.2 Å². The van der Waals surface area contributed by atoms with E-state index in [2.05, 4.69) is 0 Å². The molecule has 2 rings (SSSR count). The van der Waals surface area contributed by atoms with Gasteiger partial charge in [-0.1, -0.05) is 29.8 Å². The molecule has 0 aliphatic heterocycles. The summed E-state index contributed by atoms with van der Waals surface area (Å²) in [5, 5.41) is 20.8. The van der Waals surface area contributed by atoms with E-state index < -0.39 is 16.4 Å². The fraction of sp³-hybridized carbons (Fsp3) is 0.133. The zero-order valence-corrected chi connectivity index (χ0v) is 12.4. The average Bonchev–Trinajstić information content (AvgIpc) is 2.48. The van der Waals surface area contributed by atoms with Crippen LogP contribution in [0.4, 0.5) is 5.69 Å². The van der Waals surface area contributed by atoms with Gasteiger partial charge in [-0.25, -0.2) is 0 Å². The summed E-state index contributed by atoms with van der Waals surface area (Å²) in [6.07, 6.45) is 0. The van der Waals surface area contributed by atoms with Gasteiger partial charge < -0.3 is 10.0 Å². The molecule has 0 heterocycles. The third kappa shape index (κ3) is 3.35. The molecule has 7 heteroatoms. The van der Waals surface area contributed by atoms with Gasteiger partial charge in [-0.05, 0) is 23.8 Å². The van der Waals surface area contributed by atoms with Gasteiger partial charge in [0.15, 0.2) is 5.75 Å². The third-order valence-corrected chi connectivity index (χ3v) is 3.50. The monoisotopic (exact) mass is 320 g/mol. The quantitative estimate of drug-likeness (QED) is 0.692. The summed E-state index contributed by atoms with van der Waals surface area (Å²) in [5.74, 6) is -0.910. The number of hydrogen-bond acceptors (Lipinski definition) is 4. The lowest BCUT2D eigenvalue weighted by molar-refractivity contribution is -0.385. The first kappa shape index (κ1) is 15.8. The van der Waals surface area contributed by atoms with Crippen LogP contribution in [-0.2, 0) is 6.54 Å². The Morgan fingerprint density at radius 2 is 2.00 bits per heavy atom. The Kier molecular flexibility index (Phi) is 4.62. The first-order valence-electron chi connectivity index (χ1n) is 6.36. The van der Waals surface area contributed by atoms with Gasteiger partial charge in [0.2, 0.25) is 0 Å². The van der Waals surface area contributed by atoms with Crippen molar-refractivity contribution in [1.82, 2.24) is 4.90 Å². The van der Waals surface area contributed by atoms with Crippen molar-refractivity contribution in [1.29, 1.82) is 0 Å². The molecule has 2 aromatic rings. The van der Waals surface area contributed by atoms with Gasteiger partial charge in [-0.15, -0.1) is 0 Å². The topological polar surface area (TPSA) is 83.7 Å². The molecular weight excluding hydrogens is 308 g/mol. The van der Waals surface area contributed by atoms with Gasteiger partial charge in [-0.3, -0.25) is 14.9 Å². The minimum absolute atomic E-state index is 0.164. The summed E-state index contributed by atoms with van der Waals surface area (Å²) in [6.45, 7) is 0.288. The lowest BCUT2D eigenvalue weighted by atomic mass is 10.1. The molecule has 0 unspecified atom stereocenters. The first-order valence-corrected chi connectivity index (χ1v) is 6.74. The van der Waals surface area contributed by atoms with Gasteiger partial charge in [-0.2, -0.15) is 0 Å². The summed E-state index contributed by atoms with van der Waals surface area (Å²) in [4.78, 5) is 23.7. The van der Waals surface area contributed by atoms with Crippen LogP contribution >= 0.6 is 11.6 Å². The van der Waals surface area contributed by atoms with E-state index in [1.807, 2.05) is 6.07 Å². The molecule has 0 fully saturated rings. The number of carbonyl (C=O) groups excluding carboxylic acids is 1. The highest BCUT2D eigenvalue weighted by Gasteiger charge is 2.18. The van der Waals surface area contributed by atoms with Crippen LogP contribution in [0.2, 0.25) is 5.02 Å². The van der Waals surface area contributed by atoms with E-state index in [0.717, 1.165) is 17.7 Å². The number of nitro benzene ring substituents is 1. The molecule has 6 nitrogen and oxygen atoms in total. The molecule has 0 spiro atoms. The maximum absolute atomic E-state index is 12.3. The SMILES string of the molecule is CN(Cc1ccccc1Cl)C(=O)c1ccc([N+](=O)[O-])c(O)c1. The number of halogens is 1. The van der Waals surface area contributed by atoms with Crippen molar-refractivity contribution in [3.05, 3.63) is 68.7 Å². The highest BCUT2D eigenvalue weighted by atomic mass is 35.5. The van der Waals surface area contributed by atoms with Crippen molar-refractivity contribution in [3.63, 3.8) is 0 Å². The van der Waals surface area contributed by atoms with Crippen LogP contribution in [0.1, 0.15) is 15.9 Å². The van der Waals surface area contributed by atoms with Crippen molar-refractivity contribution in [2.24, 2.45) is 0 Å². The van der Waals surface area contributed by atoms with Gasteiger partial charge in [0.25, 0.3) is 5.91 Å². The van der Waals surface area contributed by atoms with E-state index in [9.17, 15) is 20.0 Å². The predicted molar refractivity (Wildman–Crippen MR) is 82.0 cm³/mol. The number of phenols is 1. The second-order valence-electron chi connectivity index (χ2n) is 4.71. The molecule has 0 aliphatic rings. The van der Waals surface area contributed by atoms with E-state index in [0.29, 0.717) is 5.02 Å². The normalized spacial score (nSPS) is 10.3. The van der Waals surface area contributed by atoms with Crippen LogP contribution in [0, 0.1) is 10.1 Å². The zero-order chi connectivity index (χ0) is 16.3. The second-order valence-corrected chi connectivity index (χ2v) is 5.12. The number of rotatable bonds is 4. The largest absolute Gasteiger partial charge is 0.502 e. The van der Waals surface area contributed by atoms with Crippen molar-refractivity contribution < 1.29 is 14.8 Å². The Labute approximate surface area is 131 Å². The minimum Gasteiger partial charge on any atom is -0.502 e. The molecule has 22 heavy (non-hydrogen) atoms. The maximum Gasteiger partial charge on any atom is 0.310 e. The van der Waals surface area contributed by atoms with E-state index in [4.69, 9.17) is 11.6 Å². The molecule has 114 valence electrons. The maximum atomic E-state index is 12.3. The highest BCUT2D eigenvalue weighted by Crippen LogP contribution is 2.27. The first-order chi connectivity index (χ1) is 10.4. The van der Waals surface area contributed by atoms with E-state index >= 15 is 0 Å². The Morgan fingerprint density at radius 1 is 1.32 bits per heavy atom. The lowest BCUT2D eigenvalue weighted by Gasteiger charge is -2.18. The smallest absolute Gasteiger partial charge is 0.310 e. The predicted octanol–water partition coefficient (Wildman–Crippen LogP) is 3.23. The minimum atomic E-state index is -0.711. The molecule has 0 saturated carbocycles. The summed E-state index contributed by atoms with van der Waals surface area (Å²) in [6, 6.07) is 10.6.